The second kappa shape index (κ2) is 8.91. The molecule has 0 saturated carbocycles. The Labute approximate surface area is 222 Å². The van der Waals surface area contributed by atoms with Crippen molar-refractivity contribution in [3.05, 3.63) is 41.7 Å². The number of ether oxygens (including phenoxy) is 3. The van der Waals surface area contributed by atoms with Crippen LogP contribution in [0.4, 0.5) is 24.7 Å². The fourth-order valence-electron chi connectivity index (χ4n) is 5.71. The highest BCUT2D eigenvalue weighted by atomic mass is 19.4. The summed E-state index contributed by atoms with van der Waals surface area (Å²) in [4.78, 5) is 7.44. The molecule has 1 saturated heterocycles. The molecule has 13 heteroatoms. The lowest BCUT2D eigenvalue weighted by molar-refractivity contribution is -0.139. The number of nitrogens with one attached hydrogen (secondary N) is 3. The van der Waals surface area contributed by atoms with Crippen LogP contribution in [0.5, 0.6) is 11.5 Å². The van der Waals surface area contributed by atoms with Gasteiger partial charge in [0.15, 0.2) is 11.5 Å². The number of guanidine groups is 1. The van der Waals surface area contributed by atoms with Gasteiger partial charge in [-0.3, -0.25) is 4.68 Å². The number of H-pyrrole nitrogens is 1. The van der Waals surface area contributed by atoms with Crippen molar-refractivity contribution in [2.24, 2.45) is 23.7 Å². The molecule has 10 nitrogen and oxygen atoms in total. The third-order valence-corrected chi connectivity index (χ3v) is 7.48. The van der Waals surface area contributed by atoms with E-state index in [0.717, 1.165) is 17.5 Å². The van der Waals surface area contributed by atoms with Crippen molar-refractivity contribution in [1.29, 1.82) is 0 Å². The third kappa shape index (κ3) is 4.39. The molecule has 5 N–H and O–H groups in total. The van der Waals surface area contributed by atoms with Crippen LogP contribution in [-0.4, -0.2) is 46.1 Å². The molecule has 2 atom stereocenters. The molecule has 6 rings (SSSR count). The average molecular weight is 546 g/mol. The molecule has 0 spiro atoms. The smallest absolute Gasteiger partial charge is 0.418 e. The molecule has 3 aromatic rings. The highest BCUT2D eigenvalue weighted by Crippen LogP contribution is 2.50. The molecule has 1 aromatic carbocycles. The lowest BCUT2D eigenvalue weighted by Gasteiger charge is -2.44. The van der Waals surface area contributed by atoms with E-state index in [0.29, 0.717) is 49.8 Å². The Balaban J connectivity index is 1.42. The Kier molecular flexibility index (Phi) is 5.84. The van der Waals surface area contributed by atoms with Gasteiger partial charge in [0.05, 0.1) is 22.5 Å². The summed E-state index contributed by atoms with van der Waals surface area (Å²) in [6.07, 6.45) is -1.08. The zero-order valence-corrected chi connectivity index (χ0v) is 21.8. The van der Waals surface area contributed by atoms with E-state index >= 15 is 0 Å². The number of nitrogens with zero attached hydrogens (tertiary/aromatic N) is 3. The summed E-state index contributed by atoms with van der Waals surface area (Å²) in [6, 6.07) is 5.55. The highest BCUT2D eigenvalue weighted by molar-refractivity contribution is 6.06. The zero-order valence-electron chi connectivity index (χ0n) is 21.8. The third-order valence-electron chi connectivity index (χ3n) is 7.48. The van der Waals surface area contributed by atoms with E-state index in [1.807, 2.05) is 33.0 Å². The van der Waals surface area contributed by atoms with E-state index in [1.165, 1.54) is 0 Å². The maximum absolute atomic E-state index is 14.1. The van der Waals surface area contributed by atoms with E-state index in [2.05, 4.69) is 20.7 Å². The monoisotopic (exact) mass is 545 g/mol. The number of nitrogens with two attached hydrogens (primary N) is 1. The summed E-state index contributed by atoms with van der Waals surface area (Å²) >= 11 is 0. The molecular weight excluding hydrogens is 515 g/mol. The Morgan fingerprint density at radius 2 is 1.90 bits per heavy atom. The fourth-order valence-corrected chi connectivity index (χ4v) is 5.71. The largest absolute Gasteiger partial charge is 0.485 e. The number of hydrogen-bond donors (Lipinski definition) is 4. The second-order valence-electron chi connectivity index (χ2n) is 10.6. The number of aryl methyl sites for hydroxylation is 1. The van der Waals surface area contributed by atoms with Gasteiger partial charge in [-0.2, -0.15) is 18.3 Å². The molecule has 5 heterocycles. The first-order chi connectivity index (χ1) is 18.5. The van der Waals surface area contributed by atoms with Crippen molar-refractivity contribution in [2.75, 3.05) is 30.5 Å². The number of benzene rings is 1. The van der Waals surface area contributed by atoms with Crippen molar-refractivity contribution in [2.45, 2.75) is 44.1 Å². The maximum atomic E-state index is 14.1. The molecule has 0 amide bonds. The molecule has 0 radical (unpaired) electrons. The number of hydrogen-bond acceptors (Lipinski definition) is 8. The van der Waals surface area contributed by atoms with Crippen LogP contribution in [0.2, 0.25) is 0 Å². The number of rotatable bonds is 3. The lowest BCUT2D eigenvalue weighted by atomic mass is 9.76. The molecular formula is C26H30F3N7O3. The number of alkyl halides is 3. The summed E-state index contributed by atoms with van der Waals surface area (Å²) in [7, 11) is 1.83. The predicted molar refractivity (Wildman–Crippen MR) is 139 cm³/mol. The van der Waals surface area contributed by atoms with E-state index in [-0.39, 0.29) is 17.3 Å². The lowest BCUT2D eigenvalue weighted by Crippen LogP contribution is -2.52. The van der Waals surface area contributed by atoms with Gasteiger partial charge >= 0.3 is 6.18 Å². The van der Waals surface area contributed by atoms with Crippen LogP contribution >= 0.6 is 0 Å². The Morgan fingerprint density at radius 3 is 2.59 bits per heavy atom. The number of fused-ring (bicyclic) bond motifs is 2. The second-order valence-corrected chi connectivity index (χ2v) is 10.6. The standard InChI is InChI=1S/C26H30F3N7O3/c1-24(2)12-14(7-9-39-24)25(30)19-16(26(27,28)29)13-31-22(19)34-23(35-25)33-17-5-4-15(18-6-8-32-36(18)3)20-21(17)38-11-10-37-20/h4-6,8,13-14,31H,7,9-12,30H2,1-3H3,(H2,33,34,35). The first-order valence-corrected chi connectivity index (χ1v) is 12.7. The van der Waals surface area contributed by atoms with Crippen molar-refractivity contribution < 1.29 is 27.4 Å². The summed E-state index contributed by atoms with van der Waals surface area (Å²) in [5.41, 5.74) is 5.90. The number of aromatic amines is 1. The Bertz CT molecular complexity index is 1440. The number of aromatic nitrogens is 3. The van der Waals surface area contributed by atoms with Crippen molar-refractivity contribution in [3.8, 4) is 22.8 Å². The zero-order chi connectivity index (χ0) is 27.6. The van der Waals surface area contributed by atoms with Crippen LogP contribution in [0.1, 0.15) is 37.8 Å². The van der Waals surface area contributed by atoms with Crippen LogP contribution in [0, 0.1) is 5.92 Å². The molecule has 3 aliphatic rings. The molecule has 0 bridgehead atoms. The van der Waals surface area contributed by atoms with Gasteiger partial charge in [0.2, 0.25) is 5.96 Å². The van der Waals surface area contributed by atoms with Crippen LogP contribution in [0.3, 0.4) is 0 Å². The Hall–Kier alpha value is -3.71. The van der Waals surface area contributed by atoms with Gasteiger partial charge in [0.25, 0.3) is 0 Å². The molecule has 1 fully saturated rings. The van der Waals surface area contributed by atoms with Crippen LogP contribution in [-0.2, 0) is 23.6 Å². The first kappa shape index (κ1) is 25.6. The van der Waals surface area contributed by atoms with Crippen molar-refractivity contribution in [1.82, 2.24) is 14.8 Å². The van der Waals surface area contributed by atoms with Gasteiger partial charge in [-0.1, -0.05) is 0 Å². The van der Waals surface area contributed by atoms with Gasteiger partial charge in [-0.15, -0.1) is 0 Å². The SMILES string of the molecule is Cn1nccc1-c1ccc(NC2=NC(N)(C3CCOC(C)(C)C3)c3c(C(F)(F)F)c[nH]c3N2)c2c1OCCO2. The quantitative estimate of drug-likeness (QED) is 0.384. The number of anilines is 2. The molecule has 2 unspecified atom stereocenters. The summed E-state index contributed by atoms with van der Waals surface area (Å²) in [5.74, 6) is 0.930. The van der Waals surface area contributed by atoms with Crippen molar-refractivity contribution in [3.63, 3.8) is 0 Å². The van der Waals surface area contributed by atoms with E-state index in [4.69, 9.17) is 24.9 Å². The molecule has 0 aliphatic carbocycles. The molecule has 208 valence electrons. The maximum Gasteiger partial charge on any atom is 0.418 e. The number of halogens is 3. The van der Waals surface area contributed by atoms with Crippen molar-refractivity contribution >= 4 is 17.5 Å². The molecule has 2 aromatic heterocycles. The summed E-state index contributed by atoms with van der Waals surface area (Å²) < 4.78 is 61.7. The minimum Gasteiger partial charge on any atom is -0.485 e. The predicted octanol–water partition coefficient (Wildman–Crippen LogP) is 4.42. The minimum absolute atomic E-state index is 0.101. The fraction of sp³-hybridized carbons (Fsp3) is 0.462. The van der Waals surface area contributed by atoms with Gasteiger partial charge < -0.3 is 35.6 Å². The highest BCUT2D eigenvalue weighted by Gasteiger charge is 2.51. The van der Waals surface area contributed by atoms with E-state index in [9.17, 15) is 13.2 Å². The van der Waals surface area contributed by atoms with Crippen LogP contribution < -0.4 is 25.8 Å². The summed E-state index contributed by atoms with van der Waals surface area (Å²) in [5, 5.41) is 10.4. The van der Waals surface area contributed by atoms with Gasteiger partial charge in [0, 0.05) is 43.1 Å². The normalized spacial score (nSPS) is 24.0. The van der Waals surface area contributed by atoms with Crippen LogP contribution in [0.25, 0.3) is 11.3 Å². The summed E-state index contributed by atoms with van der Waals surface area (Å²) in [6.45, 7) is 4.89. The van der Waals surface area contributed by atoms with E-state index < -0.39 is 28.9 Å². The number of aliphatic imine (C=N–C) groups is 1. The minimum atomic E-state index is -4.61. The van der Waals surface area contributed by atoms with Gasteiger partial charge in [0.1, 0.15) is 24.7 Å². The van der Waals surface area contributed by atoms with Gasteiger partial charge in [-0.25, -0.2) is 4.99 Å². The average Bonchev–Trinajstić information content (AvgIpc) is 3.50. The molecule has 39 heavy (non-hydrogen) atoms. The Morgan fingerprint density at radius 1 is 1.13 bits per heavy atom. The van der Waals surface area contributed by atoms with Crippen LogP contribution in [0.15, 0.2) is 35.6 Å². The van der Waals surface area contributed by atoms with Gasteiger partial charge in [-0.05, 0) is 44.9 Å². The van der Waals surface area contributed by atoms with E-state index in [1.54, 1.807) is 16.9 Å². The first-order valence-electron chi connectivity index (χ1n) is 12.7. The topological polar surface area (TPSA) is 124 Å². The molecule has 3 aliphatic heterocycles.